The van der Waals surface area contributed by atoms with Crippen molar-refractivity contribution < 1.29 is 18.3 Å². The molecule has 0 saturated carbocycles. The van der Waals surface area contributed by atoms with Crippen molar-refractivity contribution in [2.45, 2.75) is 23.9 Å². The number of ether oxygens (including phenoxy) is 1. The van der Waals surface area contributed by atoms with Crippen LogP contribution in [0.15, 0.2) is 40.5 Å². The zero-order valence-corrected chi connectivity index (χ0v) is 23.0. The summed E-state index contributed by atoms with van der Waals surface area (Å²) >= 11 is 14.2. The SMILES string of the molecule is C=CC(=O)N1CCN(c2nc(=O)n3c4c(c(-c5cc(Cl)c(F)cc5F)c(Cl)cc24)SC[C@@H]3COC)[C@@H](C)C1. The molecule has 0 bridgehead atoms. The second-order valence-corrected chi connectivity index (χ2v) is 11.1. The summed E-state index contributed by atoms with van der Waals surface area (Å²) in [4.78, 5) is 34.4. The minimum atomic E-state index is -0.877. The highest BCUT2D eigenvalue weighted by Gasteiger charge is 2.34. The van der Waals surface area contributed by atoms with Crippen LogP contribution >= 0.6 is 35.0 Å². The standard InChI is InChI=1S/C26H24Cl2F2N4O3S/c1-4-21(35)32-5-6-33(13(2)10-32)25-16-8-18(28)22(15-7-17(27)20(30)9-19(15)29)24-23(16)34(26(36)31-25)14(11-37-3)12-38-24/h4,7-9,13-14H,1,5-6,10-12H2,2-3H3/t13-,14-/m0/s1. The summed E-state index contributed by atoms with van der Waals surface area (Å²) in [7, 11) is 1.55. The molecule has 0 aliphatic carbocycles. The van der Waals surface area contributed by atoms with Gasteiger partial charge in [-0.05, 0) is 25.1 Å². The summed E-state index contributed by atoms with van der Waals surface area (Å²) in [6.07, 6.45) is 1.28. The van der Waals surface area contributed by atoms with Crippen LogP contribution in [0.25, 0.3) is 22.0 Å². The molecule has 2 aliphatic heterocycles. The van der Waals surface area contributed by atoms with Crippen LogP contribution in [0.1, 0.15) is 13.0 Å². The highest BCUT2D eigenvalue weighted by Crippen LogP contribution is 2.48. The summed E-state index contributed by atoms with van der Waals surface area (Å²) in [5.74, 6) is -0.959. The van der Waals surface area contributed by atoms with E-state index in [0.29, 0.717) is 52.6 Å². The van der Waals surface area contributed by atoms with Crippen LogP contribution in [0.3, 0.4) is 0 Å². The molecule has 7 nitrogen and oxygen atoms in total. The molecule has 0 spiro atoms. The summed E-state index contributed by atoms with van der Waals surface area (Å²) in [6, 6.07) is 3.13. The second kappa shape index (κ2) is 10.5. The van der Waals surface area contributed by atoms with E-state index in [1.807, 2.05) is 11.8 Å². The molecule has 1 saturated heterocycles. The van der Waals surface area contributed by atoms with Crippen LogP contribution in [-0.2, 0) is 9.53 Å². The Morgan fingerprint density at radius 3 is 2.68 bits per heavy atom. The van der Waals surface area contributed by atoms with E-state index in [9.17, 15) is 14.0 Å². The first kappa shape index (κ1) is 26.9. The molecule has 0 N–H and O–H groups in total. The number of aromatic nitrogens is 2. The molecular formula is C26H24Cl2F2N4O3S. The summed E-state index contributed by atoms with van der Waals surface area (Å²) in [6.45, 7) is 7.08. The Hall–Kier alpha value is -2.66. The zero-order chi connectivity index (χ0) is 27.3. The Kier molecular flexibility index (Phi) is 7.43. The van der Waals surface area contributed by atoms with Crippen LogP contribution in [0.5, 0.6) is 0 Å². The van der Waals surface area contributed by atoms with Crippen LogP contribution < -0.4 is 10.6 Å². The molecule has 2 atom stereocenters. The molecule has 12 heteroatoms. The minimum absolute atomic E-state index is 0.0401. The number of nitrogens with zero attached hydrogens (tertiary/aromatic N) is 4. The van der Waals surface area contributed by atoms with Gasteiger partial charge in [-0.3, -0.25) is 9.36 Å². The van der Waals surface area contributed by atoms with Crippen molar-refractivity contribution in [3.8, 4) is 11.1 Å². The molecule has 5 rings (SSSR count). The van der Waals surface area contributed by atoms with Gasteiger partial charge in [-0.1, -0.05) is 29.8 Å². The van der Waals surface area contributed by atoms with Gasteiger partial charge < -0.3 is 14.5 Å². The lowest BCUT2D eigenvalue weighted by Crippen LogP contribution is -2.54. The first-order valence-electron chi connectivity index (χ1n) is 11.9. The second-order valence-electron chi connectivity index (χ2n) is 9.24. The van der Waals surface area contributed by atoms with Crippen LogP contribution in [-0.4, -0.2) is 65.5 Å². The fourth-order valence-electron chi connectivity index (χ4n) is 5.16. The first-order chi connectivity index (χ1) is 18.2. The number of methoxy groups -OCH3 is 1. The van der Waals surface area contributed by atoms with Gasteiger partial charge in [0.15, 0.2) is 0 Å². The van der Waals surface area contributed by atoms with Crippen LogP contribution in [0, 0.1) is 11.6 Å². The molecule has 0 unspecified atom stereocenters. The Balaban J connectivity index is 1.76. The van der Waals surface area contributed by atoms with E-state index in [4.69, 9.17) is 27.9 Å². The topological polar surface area (TPSA) is 67.7 Å². The van der Waals surface area contributed by atoms with Gasteiger partial charge in [0.25, 0.3) is 0 Å². The predicted octanol–water partition coefficient (Wildman–Crippen LogP) is 5.16. The van der Waals surface area contributed by atoms with Gasteiger partial charge in [0.05, 0.1) is 28.2 Å². The van der Waals surface area contributed by atoms with E-state index < -0.39 is 17.3 Å². The lowest BCUT2D eigenvalue weighted by Gasteiger charge is -2.41. The number of benzene rings is 2. The molecule has 1 amide bonds. The number of halogens is 4. The number of rotatable bonds is 5. The molecule has 1 aromatic heterocycles. The molecule has 3 aromatic rings. The summed E-state index contributed by atoms with van der Waals surface area (Å²) < 4.78 is 35.9. The highest BCUT2D eigenvalue weighted by atomic mass is 35.5. The van der Waals surface area contributed by atoms with Crippen molar-refractivity contribution in [2.24, 2.45) is 0 Å². The molecule has 38 heavy (non-hydrogen) atoms. The van der Waals surface area contributed by atoms with Gasteiger partial charge in [-0.2, -0.15) is 4.98 Å². The fourth-order valence-corrected chi connectivity index (χ4v) is 7.00. The van der Waals surface area contributed by atoms with Gasteiger partial charge in [0.1, 0.15) is 17.5 Å². The number of anilines is 1. The number of thioether (sulfide) groups is 1. The Bertz CT molecular complexity index is 1530. The maximum Gasteiger partial charge on any atom is 0.350 e. The quantitative estimate of drug-likeness (QED) is 0.306. The molecule has 0 radical (unpaired) electrons. The van der Waals surface area contributed by atoms with Crippen molar-refractivity contribution in [2.75, 3.05) is 44.0 Å². The van der Waals surface area contributed by atoms with E-state index in [0.717, 1.165) is 6.07 Å². The predicted molar refractivity (Wildman–Crippen MR) is 147 cm³/mol. The van der Waals surface area contributed by atoms with E-state index >= 15 is 4.39 Å². The Labute approximate surface area is 232 Å². The van der Waals surface area contributed by atoms with Crippen molar-refractivity contribution in [1.29, 1.82) is 0 Å². The highest BCUT2D eigenvalue weighted by molar-refractivity contribution is 7.99. The zero-order valence-electron chi connectivity index (χ0n) is 20.6. The summed E-state index contributed by atoms with van der Waals surface area (Å²) in [5, 5.41) is 0.593. The maximum absolute atomic E-state index is 15.0. The lowest BCUT2D eigenvalue weighted by molar-refractivity contribution is -0.126. The molecule has 3 heterocycles. The largest absolute Gasteiger partial charge is 0.383 e. The average Bonchev–Trinajstić information content (AvgIpc) is 2.88. The molecule has 1 fully saturated rings. The third kappa shape index (κ3) is 4.47. The van der Waals surface area contributed by atoms with Gasteiger partial charge in [0.2, 0.25) is 5.91 Å². The van der Waals surface area contributed by atoms with Gasteiger partial charge >= 0.3 is 5.69 Å². The van der Waals surface area contributed by atoms with E-state index in [2.05, 4.69) is 11.6 Å². The normalized spacial score (nSPS) is 19.2. The average molecular weight is 581 g/mol. The third-order valence-corrected chi connectivity index (χ3v) is 8.73. The number of carbonyl (C=O) groups is 1. The number of hydrogen-bond donors (Lipinski definition) is 0. The monoisotopic (exact) mass is 580 g/mol. The number of hydrogen-bond acceptors (Lipinski definition) is 6. The molecular weight excluding hydrogens is 557 g/mol. The van der Waals surface area contributed by atoms with Crippen molar-refractivity contribution in [3.05, 3.63) is 63.0 Å². The third-order valence-electron chi connectivity index (χ3n) is 6.91. The number of carbonyl (C=O) groups excluding carboxylic acids is 1. The number of amides is 1. The maximum atomic E-state index is 15.0. The minimum Gasteiger partial charge on any atom is -0.383 e. The van der Waals surface area contributed by atoms with Crippen molar-refractivity contribution in [1.82, 2.24) is 14.5 Å². The lowest BCUT2D eigenvalue weighted by atomic mass is 10.0. The summed E-state index contributed by atoms with van der Waals surface area (Å²) in [5.41, 5.74) is 0.450. The Morgan fingerprint density at radius 1 is 1.24 bits per heavy atom. The van der Waals surface area contributed by atoms with E-state index in [1.165, 1.54) is 23.9 Å². The van der Waals surface area contributed by atoms with Gasteiger partial charge in [0, 0.05) is 66.0 Å². The Morgan fingerprint density at radius 2 is 2.00 bits per heavy atom. The van der Waals surface area contributed by atoms with Crippen molar-refractivity contribution >= 4 is 57.6 Å². The smallest absolute Gasteiger partial charge is 0.350 e. The van der Waals surface area contributed by atoms with Crippen molar-refractivity contribution in [3.63, 3.8) is 0 Å². The first-order valence-corrected chi connectivity index (χ1v) is 13.6. The van der Waals surface area contributed by atoms with Gasteiger partial charge in [-0.15, -0.1) is 11.8 Å². The molecule has 200 valence electrons. The molecule has 2 aliphatic rings. The molecule has 2 aromatic carbocycles. The van der Waals surface area contributed by atoms with Crippen LogP contribution in [0.2, 0.25) is 10.0 Å². The van der Waals surface area contributed by atoms with E-state index in [-0.39, 0.29) is 40.2 Å². The number of piperazine rings is 1. The van der Waals surface area contributed by atoms with Gasteiger partial charge in [-0.25, -0.2) is 13.6 Å². The van der Waals surface area contributed by atoms with Crippen LogP contribution in [0.4, 0.5) is 14.6 Å². The fraction of sp³-hybridized carbons (Fsp3) is 0.346. The van der Waals surface area contributed by atoms with E-state index in [1.54, 1.807) is 22.6 Å².